The first-order valence-electron chi connectivity index (χ1n) is 40.2. The Bertz CT molecular complexity index is 3510. The fraction of sp³-hybridized carbons (Fsp3) is 0.810. The fourth-order valence-electron chi connectivity index (χ4n) is 19.1. The second kappa shape index (κ2) is 33.4. The fourth-order valence-corrected chi connectivity index (χ4v) is 19.1. The van der Waals surface area contributed by atoms with Crippen LogP contribution >= 0.6 is 0 Å². The predicted molar refractivity (Wildman–Crippen MR) is 404 cm³/mol. The van der Waals surface area contributed by atoms with Crippen LogP contribution in [0.1, 0.15) is 210 Å². The number of methoxy groups -OCH3 is 6. The number of carbonyl (C=O) groups excluding carboxylic acids is 4. The minimum Gasteiger partial charge on any atom is -0.456 e. The summed E-state index contributed by atoms with van der Waals surface area (Å²) >= 11 is 0. The molecule has 654 valence electrons. The van der Waals surface area contributed by atoms with Crippen LogP contribution in [0.4, 0.5) is 0 Å². The van der Waals surface area contributed by atoms with Crippen LogP contribution in [-0.4, -0.2) is 280 Å². The van der Waals surface area contributed by atoms with Crippen LogP contribution in [0.25, 0.3) is 0 Å². The lowest BCUT2D eigenvalue weighted by Crippen LogP contribution is -2.61. The summed E-state index contributed by atoms with van der Waals surface area (Å²) in [6.45, 7) is 26.3. The Morgan fingerprint density at radius 3 is 0.759 bits per heavy atom. The monoisotopic (exact) mass is 1650 g/mol. The highest BCUT2D eigenvalue weighted by molar-refractivity contribution is 5.95. The van der Waals surface area contributed by atoms with Gasteiger partial charge in [0.15, 0.2) is 95.2 Å². The summed E-state index contributed by atoms with van der Waals surface area (Å²) in [4.78, 5) is 48.3. The number of aliphatic hydroxyl groups excluding tert-OH is 2. The van der Waals surface area contributed by atoms with E-state index in [0.29, 0.717) is 36.8 Å². The van der Waals surface area contributed by atoms with E-state index in [0.717, 1.165) is 51.4 Å². The van der Waals surface area contributed by atoms with Gasteiger partial charge in [0.05, 0.1) is 23.3 Å². The van der Waals surface area contributed by atoms with Crippen molar-refractivity contribution >= 4 is 23.5 Å². The van der Waals surface area contributed by atoms with Crippen molar-refractivity contribution in [3.63, 3.8) is 0 Å². The summed E-state index contributed by atoms with van der Waals surface area (Å²) in [5, 5.41) is 19.8. The van der Waals surface area contributed by atoms with Crippen LogP contribution in [0.3, 0.4) is 0 Å². The van der Waals surface area contributed by atoms with E-state index in [1.165, 1.54) is 0 Å². The molecule has 6 spiro atoms. The van der Waals surface area contributed by atoms with Gasteiger partial charge in [0, 0.05) is 55.5 Å². The number of fused-ring (bicyclic) bond motifs is 12. The molecule has 2 N–H and O–H groups in total. The molecular weight excluding hydrogens is 1520 g/mol. The second-order valence-electron chi connectivity index (χ2n) is 34.6. The maximum absolute atomic E-state index is 12.4. The number of Topliss-reactive ketones (excluding diaryl/α,β-unsaturated/α-hetero) is 2. The zero-order valence-corrected chi connectivity index (χ0v) is 69.1. The van der Waals surface area contributed by atoms with Crippen LogP contribution in [-0.2, 0) is 133 Å². The minimum absolute atomic E-state index is 0. The summed E-state index contributed by atoms with van der Waals surface area (Å²) in [6.07, 6.45) is 0.562. The largest absolute Gasteiger partial charge is 0.456 e. The number of ketones is 2. The van der Waals surface area contributed by atoms with Crippen molar-refractivity contribution in [2.75, 3.05) is 42.7 Å². The van der Waals surface area contributed by atoms with Crippen molar-refractivity contribution in [1.29, 1.82) is 0 Å². The number of carbonyl (C=O) groups is 4. The molecule has 0 amide bonds. The van der Waals surface area contributed by atoms with E-state index in [1.54, 1.807) is 66.9 Å². The maximum Gasteiger partial charge on any atom is 0.338 e. The third kappa shape index (κ3) is 15.9. The second-order valence-corrected chi connectivity index (χ2v) is 34.6. The zero-order chi connectivity index (χ0) is 82.1. The Kier molecular flexibility index (Phi) is 26.2. The molecule has 32 heteroatoms. The van der Waals surface area contributed by atoms with Gasteiger partial charge >= 0.3 is 11.9 Å². The Morgan fingerprint density at radius 2 is 0.552 bits per heavy atom. The normalized spacial score (nSPS) is 44.9. The Hall–Kier alpha value is -4.32. The van der Waals surface area contributed by atoms with Crippen molar-refractivity contribution in [1.82, 2.24) is 0 Å². The molecule has 0 radical (unpaired) electrons. The molecule has 2 aromatic carbocycles. The molecule has 8 unspecified atom stereocenters. The highest BCUT2D eigenvalue weighted by atomic mass is 16.9. The molecule has 18 fully saturated rings. The van der Waals surface area contributed by atoms with E-state index in [-0.39, 0.29) is 124 Å². The molecule has 116 heavy (non-hydrogen) atoms. The Labute approximate surface area is 680 Å². The van der Waals surface area contributed by atoms with Crippen molar-refractivity contribution in [3.05, 3.63) is 71.8 Å². The molecule has 12 saturated heterocycles. The SMILES string of the molecule is C.C.CC.CO[C@@H]1O[C@@]2(CCC2=O)[C@@H]2OC(C)(C)OC12.CO[C@@H]1O[C@@]2(CCC2O)[C@@H]2OC(C)(C)OC12.CO[C@@H]1O[C@]2(CCC2=O)[C@@H]2OC(C)(C)OC12.CO[C@@H]1O[C@]2(CCC2O)[C@@H]2OC(C)(C)OC12.CO[C@@H]1O[C@]2(CC[C@@H]2OC(=O)c2ccccc2)[C@@H]2OC(C)(C)OC12.CO[C@@H]1O[C@]2(CC[C@H]2OC(=O)c2ccccc2)[C@@H]2OC(C)(C)OC12. The molecule has 12 aliphatic heterocycles. The first-order chi connectivity index (χ1) is 53.8. The third-order valence-electron chi connectivity index (χ3n) is 25.0. The first-order valence-corrected chi connectivity index (χ1v) is 40.2. The van der Waals surface area contributed by atoms with Crippen LogP contribution in [0.2, 0.25) is 0 Å². The van der Waals surface area contributed by atoms with E-state index >= 15 is 0 Å². The molecular formula is C84H126O32. The third-order valence-corrected chi connectivity index (χ3v) is 25.0. The molecule has 2 aromatic rings. The number of esters is 2. The smallest absolute Gasteiger partial charge is 0.338 e. The highest BCUT2D eigenvalue weighted by Crippen LogP contribution is 2.59. The topological polar surface area (TPSA) is 349 Å². The van der Waals surface area contributed by atoms with Gasteiger partial charge in [-0.25, -0.2) is 9.59 Å². The summed E-state index contributed by atoms with van der Waals surface area (Å²) in [5.41, 5.74) is -3.16. The molecule has 0 bridgehead atoms. The number of rotatable bonds is 10. The van der Waals surface area contributed by atoms with Crippen molar-refractivity contribution in [2.24, 2.45) is 0 Å². The number of aliphatic hydroxyl groups is 2. The van der Waals surface area contributed by atoms with Crippen LogP contribution in [0.15, 0.2) is 60.7 Å². The molecule has 12 heterocycles. The van der Waals surface area contributed by atoms with Crippen molar-refractivity contribution in [2.45, 2.75) is 393 Å². The van der Waals surface area contributed by atoms with Gasteiger partial charge in [-0.1, -0.05) is 65.1 Å². The lowest BCUT2D eigenvalue weighted by molar-refractivity contribution is -0.289. The molecule has 32 nitrogen and oxygen atoms in total. The van der Waals surface area contributed by atoms with Gasteiger partial charge in [-0.15, -0.1) is 0 Å². The number of benzene rings is 2. The van der Waals surface area contributed by atoms with Gasteiger partial charge in [-0.2, -0.15) is 0 Å². The molecule has 18 aliphatic rings. The molecule has 0 aromatic heterocycles. The lowest BCUT2D eigenvalue weighted by Gasteiger charge is -2.47. The van der Waals surface area contributed by atoms with Gasteiger partial charge in [0.25, 0.3) is 0 Å². The minimum atomic E-state index is -0.806. The predicted octanol–water partition coefficient (Wildman–Crippen LogP) is 8.86. The van der Waals surface area contributed by atoms with E-state index in [1.807, 2.05) is 133 Å². The molecule has 6 aliphatic carbocycles. The van der Waals surface area contributed by atoms with E-state index in [4.69, 9.17) is 123 Å². The van der Waals surface area contributed by atoms with Gasteiger partial charge < -0.3 is 133 Å². The lowest BCUT2D eigenvalue weighted by atomic mass is 9.72. The van der Waals surface area contributed by atoms with Crippen LogP contribution in [0.5, 0.6) is 0 Å². The average molecular weight is 1650 g/mol. The number of hydrogen-bond acceptors (Lipinski definition) is 32. The summed E-state index contributed by atoms with van der Waals surface area (Å²) in [5.74, 6) is -4.49. The molecule has 28 atom stereocenters. The summed E-state index contributed by atoms with van der Waals surface area (Å²) < 4.78 is 149. The van der Waals surface area contributed by atoms with Crippen molar-refractivity contribution in [3.8, 4) is 0 Å². The van der Waals surface area contributed by atoms with E-state index < -0.39 is 118 Å². The maximum atomic E-state index is 12.4. The Morgan fingerprint density at radius 1 is 0.319 bits per heavy atom. The zero-order valence-electron chi connectivity index (χ0n) is 69.1. The Balaban J connectivity index is 0.000000129. The highest BCUT2D eigenvalue weighted by Gasteiger charge is 2.76. The van der Waals surface area contributed by atoms with Gasteiger partial charge in [-0.3, -0.25) is 9.59 Å². The summed E-state index contributed by atoms with van der Waals surface area (Å²) in [6, 6.07) is 17.9. The van der Waals surface area contributed by atoms with E-state index in [9.17, 15) is 29.4 Å². The van der Waals surface area contributed by atoms with E-state index in [2.05, 4.69) is 0 Å². The standard InChI is InChI=1S/2C18H22O6.2C11H18O5.2C11H16O5.C2H6.2CH4/c2*1-17(2)22-13-14(23-17)18(24-16(13)20-3)10-9-12(18)21-15(19)11-7-5-4-6-8-11;4*1-10(2)14-7-8(15-10)11(5-4-6(11)12)16-9(7)13-3;1-2;;/h2*4-8,12-14,16H,9-10H2,1-3H3;2*6-9,12H,4-5H2,1-3H3;2*7-9H,4-5H2,1-3H3;1-2H3;2*1H4/t12-,13?,14+,16+,18-;12-,13?,14-,16-,18+;6?,7?,8-,9-,11+;6?,7?,8-,9-,11-;7?,8-,9-,11+;7?,8-,9-,11-;;;/m011111.../s1. The first kappa shape index (κ1) is 90.9. The van der Waals surface area contributed by atoms with Gasteiger partial charge in [-0.05, 0) is 172 Å². The number of ether oxygens (including phenoxy) is 26. The summed E-state index contributed by atoms with van der Waals surface area (Å²) in [7, 11) is 9.44. The molecule has 20 rings (SSSR count). The van der Waals surface area contributed by atoms with Gasteiger partial charge in [0.2, 0.25) is 0 Å². The quantitative estimate of drug-likeness (QED) is 0.210. The van der Waals surface area contributed by atoms with Crippen molar-refractivity contribution < 1.29 is 153 Å². The number of hydrogen-bond donors (Lipinski definition) is 2. The molecule has 6 saturated carbocycles. The van der Waals surface area contributed by atoms with Crippen LogP contribution < -0.4 is 0 Å². The van der Waals surface area contributed by atoms with Gasteiger partial charge in [0.1, 0.15) is 108 Å². The average Bonchev–Trinajstić information content (AvgIpc) is 1.61. The van der Waals surface area contributed by atoms with Crippen LogP contribution in [0, 0.1) is 0 Å².